The summed E-state index contributed by atoms with van der Waals surface area (Å²) < 4.78 is 2.31. The highest BCUT2D eigenvalue weighted by Crippen LogP contribution is 2.38. The molecule has 0 unspecified atom stereocenters. The van der Waals surface area contributed by atoms with Crippen LogP contribution in [0.2, 0.25) is 0 Å². The molecule has 0 aliphatic rings. The topological polar surface area (TPSA) is 23.8 Å². The van der Waals surface area contributed by atoms with Gasteiger partial charge in [0.15, 0.2) is 0 Å². The van der Waals surface area contributed by atoms with Crippen LogP contribution in [0.25, 0.3) is 27.0 Å². The van der Waals surface area contributed by atoms with Gasteiger partial charge in [-0.1, -0.05) is 45.0 Å². The third kappa shape index (κ3) is 3.72. The number of hydrogen-bond donors (Lipinski definition) is 0. The number of aryl methyl sites for hydroxylation is 1. The van der Waals surface area contributed by atoms with Crippen molar-refractivity contribution in [2.24, 2.45) is 0 Å². The van der Waals surface area contributed by atoms with Gasteiger partial charge in [-0.05, 0) is 54.9 Å². The van der Waals surface area contributed by atoms with Gasteiger partial charge in [-0.3, -0.25) is 4.40 Å². The van der Waals surface area contributed by atoms with Crippen LogP contribution in [-0.2, 0) is 6.42 Å². The van der Waals surface area contributed by atoms with E-state index in [0.29, 0.717) is 0 Å². The number of fused-ring (bicyclic) bond motifs is 3. The number of imidazole rings is 1. The molecule has 0 N–H and O–H groups in total. The lowest BCUT2D eigenvalue weighted by Crippen LogP contribution is -2.35. The zero-order chi connectivity index (χ0) is 21.1. The average molecular weight is 421 g/mol. The molecule has 0 radical (unpaired) electrons. The van der Waals surface area contributed by atoms with Crippen molar-refractivity contribution in [1.82, 2.24) is 14.3 Å². The van der Waals surface area contributed by atoms with E-state index >= 15 is 0 Å². The molecule has 3 aromatic heterocycles. The van der Waals surface area contributed by atoms with E-state index in [0.717, 1.165) is 50.5 Å². The Bertz CT molecular complexity index is 1120. The minimum Gasteiger partial charge on any atom is -0.355 e. The first-order valence-corrected chi connectivity index (χ1v) is 12.0. The Hall–Kier alpha value is -2.37. The first kappa shape index (κ1) is 20.9. The summed E-state index contributed by atoms with van der Waals surface area (Å²) >= 11 is 1.81. The number of pyridine rings is 1. The lowest BCUT2D eigenvalue weighted by Gasteiger charge is -2.27. The smallest absolute Gasteiger partial charge is 0.147 e. The number of anilines is 1. The van der Waals surface area contributed by atoms with Gasteiger partial charge in [-0.15, -0.1) is 11.3 Å². The second kappa shape index (κ2) is 9.19. The van der Waals surface area contributed by atoms with Crippen molar-refractivity contribution in [2.75, 3.05) is 37.6 Å². The number of thiophene rings is 1. The zero-order valence-corrected chi connectivity index (χ0v) is 19.4. The maximum absolute atomic E-state index is 5.25. The molecule has 4 rings (SSSR count). The van der Waals surface area contributed by atoms with Gasteiger partial charge >= 0.3 is 0 Å². The number of benzene rings is 1. The molecule has 3 heterocycles. The lowest BCUT2D eigenvalue weighted by molar-refractivity contribution is 0.309. The molecular weight excluding hydrogens is 388 g/mol. The first-order valence-electron chi connectivity index (χ1n) is 11.2. The highest BCUT2D eigenvalue weighted by atomic mass is 32.1. The number of likely N-dealkylation sites (N-methyl/N-ethyl adjacent to an activating group) is 2. The summed E-state index contributed by atoms with van der Waals surface area (Å²) in [5, 5.41) is 4.65. The summed E-state index contributed by atoms with van der Waals surface area (Å²) in [7, 11) is 0. The van der Waals surface area contributed by atoms with Crippen LogP contribution in [0.3, 0.4) is 0 Å². The summed E-state index contributed by atoms with van der Waals surface area (Å²) in [6, 6.07) is 13.0. The Morgan fingerprint density at radius 2 is 1.73 bits per heavy atom. The number of hydrogen-bond acceptors (Lipinski definition) is 4. The second-order valence-corrected chi connectivity index (χ2v) is 8.53. The Morgan fingerprint density at radius 1 is 0.933 bits per heavy atom. The van der Waals surface area contributed by atoms with Crippen molar-refractivity contribution in [3.8, 4) is 10.6 Å². The van der Waals surface area contributed by atoms with E-state index in [-0.39, 0.29) is 0 Å². The molecule has 4 aromatic rings. The van der Waals surface area contributed by atoms with Crippen LogP contribution < -0.4 is 4.90 Å². The van der Waals surface area contributed by atoms with Crippen LogP contribution in [0, 0.1) is 0 Å². The molecule has 0 aliphatic heterocycles. The number of rotatable bonds is 9. The van der Waals surface area contributed by atoms with Crippen LogP contribution in [0.15, 0.2) is 48.0 Å². The van der Waals surface area contributed by atoms with Gasteiger partial charge in [0.1, 0.15) is 17.2 Å². The van der Waals surface area contributed by atoms with Gasteiger partial charge in [-0.2, -0.15) is 0 Å². The monoisotopic (exact) mass is 420 g/mol. The average Bonchev–Trinajstić information content (AvgIpc) is 3.41. The van der Waals surface area contributed by atoms with Gasteiger partial charge in [0.25, 0.3) is 0 Å². The SMILES string of the molecule is CCc1ccsc1-c1nc2c3ccccc3ccn2c1N(CC)CCN(CC)CC. The second-order valence-electron chi connectivity index (χ2n) is 7.62. The molecular formula is C25H32N4S. The molecule has 1 aromatic carbocycles. The molecule has 0 saturated carbocycles. The van der Waals surface area contributed by atoms with Crippen LogP contribution in [0.1, 0.15) is 33.3 Å². The molecule has 0 aliphatic carbocycles. The molecule has 158 valence electrons. The standard InChI is InChI=1S/C25H32N4S/c1-5-19-14-18-30-23(19)22-25(28(8-4)17-16-27(6-2)7-3)29-15-13-20-11-9-10-12-21(20)24(29)26-22/h9-15,18H,5-8,16-17H2,1-4H3. The van der Waals surface area contributed by atoms with Gasteiger partial charge in [-0.25, -0.2) is 4.98 Å². The molecule has 0 atom stereocenters. The van der Waals surface area contributed by atoms with Crippen molar-refractivity contribution < 1.29 is 0 Å². The van der Waals surface area contributed by atoms with Crippen molar-refractivity contribution >= 4 is 33.6 Å². The van der Waals surface area contributed by atoms with E-state index in [1.807, 2.05) is 11.3 Å². The molecule has 30 heavy (non-hydrogen) atoms. The lowest BCUT2D eigenvalue weighted by atomic mass is 10.1. The Labute approximate surface area is 183 Å². The van der Waals surface area contributed by atoms with Crippen LogP contribution in [-0.4, -0.2) is 47.0 Å². The van der Waals surface area contributed by atoms with E-state index in [1.165, 1.54) is 27.0 Å². The van der Waals surface area contributed by atoms with Crippen molar-refractivity contribution in [3.63, 3.8) is 0 Å². The predicted octanol–water partition coefficient (Wildman–Crippen LogP) is 5.95. The fraction of sp³-hybridized carbons (Fsp3) is 0.400. The largest absolute Gasteiger partial charge is 0.355 e. The molecule has 0 bridgehead atoms. The minimum atomic E-state index is 0.960. The molecule has 0 fully saturated rings. The maximum atomic E-state index is 5.25. The van der Waals surface area contributed by atoms with Crippen molar-refractivity contribution in [2.45, 2.75) is 34.1 Å². The fourth-order valence-electron chi connectivity index (χ4n) is 4.25. The third-order valence-electron chi connectivity index (χ3n) is 6.10. The van der Waals surface area contributed by atoms with Gasteiger partial charge in [0, 0.05) is 31.2 Å². The predicted molar refractivity (Wildman–Crippen MR) is 131 cm³/mol. The van der Waals surface area contributed by atoms with Gasteiger partial charge in [0.2, 0.25) is 0 Å². The number of nitrogens with zero attached hydrogens (tertiary/aromatic N) is 4. The minimum absolute atomic E-state index is 0.960. The van der Waals surface area contributed by atoms with Crippen molar-refractivity contribution in [3.05, 3.63) is 53.5 Å². The van der Waals surface area contributed by atoms with E-state index in [9.17, 15) is 0 Å². The molecule has 0 saturated heterocycles. The van der Waals surface area contributed by atoms with Crippen molar-refractivity contribution in [1.29, 1.82) is 0 Å². The van der Waals surface area contributed by atoms with Crippen LogP contribution in [0.5, 0.6) is 0 Å². The Balaban J connectivity index is 1.91. The van der Waals surface area contributed by atoms with E-state index in [2.05, 4.69) is 89.9 Å². The number of aromatic nitrogens is 2. The quantitative estimate of drug-likeness (QED) is 0.334. The van der Waals surface area contributed by atoms with E-state index in [1.54, 1.807) is 0 Å². The normalized spacial score (nSPS) is 11.8. The molecule has 4 nitrogen and oxygen atoms in total. The van der Waals surface area contributed by atoms with E-state index in [4.69, 9.17) is 4.98 Å². The van der Waals surface area contributed by atoms with Crippen LogP contribution in [0.4, 0.5) is 5.82 Å². The molecule has 5 heteroatoms. The molecule has 0 amide bonds. The van der Waals surface area contributed by atoms with E-state index < -0.39 is 0 Å². The van der Waals surface area contributed by atoms with Crippen LogP contribution >= 0.6 is 11.3 Å². The maximum Gasteiger partial charge on any atom is 0.147 e. The highest BCUT2D eigenvalue weighted by Gasteiger charge is 2.23. The highest BCUT2D eigenvalue weighted by molar-refractivity contribution is 7.13. The summed E-state index contributed by atoms with van der Waals surface area (Å²) in [5.74, 6) is 1.22. The summed E-state index contributed by atoms with van der Waals surface area (Å²) in [6.45, 7) is 14.2. The first-order chi connectivity index (χ1) is 14.7. The summed E-state index contributed by atoms with van der Waals surface area (Å²) in [4.78, 5) is 11.5. The van der Waals surface area contributed by atoms with Gasteiger partial charge < -0.3 is 9.80 Å². The van der Waals surface area contributed by atoms with Gasteiger partial charge in [0.05, 0.1) is 4.88 Å². The third-order valence-corrected chi connectivity index (χ3v) is 7.06. The Kier molecular flexibility index (Phi) is 6.40. The fourth-order valence-corrected chi connectivity index (χ4v) is 5.23. The summed E-state index contributed by atoms with van der Waals surface area (Å²) in [6.07, 6.45) is 3.22. The zero-order valence-electron chi connectivity index (χ0n) is 18.6. The summed E-state index contributed by atoms with van der Waals surface area (Å²) in [5.41, 5.74) is 3.56. The molecule has 0 spiro atoms. The Morgan fingerprint density at radius 3 is 2.47 bits per heavy atom.